The number of rotatable bonds is 4. The molecule has 4 aromatic rings. The minimum Gasteiger partial charge on any atom is -0.279 e. The summed E-state index contributed by atoms with van der Waals surface area (Å²) in [6.07, 6.45) is 3.51. The van der Waals surface area contributed by atoms with E-state index in [1.54, 1.807) is 28.6 Å². The molecule has 2 aromatic heterocycles. The highest BCUT2D eigenvalue weighted by Crippen LogP contribution is 2.33. The largest absolute Gasteiger partial charge is 0.279 e. The number of fused-ring (bicyclic) bond motifs is 1. The summed E-state index contributed by atoms with van der Waals surface area (Å²) in [5, 5.41) is 0.692. The van der Waals surface area contributed by atoms with E-state index in [4.69, 9.17) is 4.98 Å². The number of halogens is 1. The summed E-state index contributed by atoms with van der Waals surface area (Å²) in [7, 11) is 0. The zero-order valence-electron chi connectivity index (χ0n) is 15.5. The molecule has 1 amide bonds. The first-order valence-corrected chi connectivity index (χ1v) is 10.5. The summed E-state index contributed by atoms with van der Waals surface area (Å²) >= 11 is 5.00. The van der Waals surface area contributed by atoms with Gasteiger partial charge in [-0.05, 0) is 60.9 Å². The maximum atomic E-state index is 13.4. The van der Waals surface area contributed by atoms with Gasteiger partial charge in [0.1, 0.15) is 0 Å². The maximum absolute atomic E-state index is 13.4. The summed E-state index contributed by atoms with van der Waals surface area (Å²) in [6.45, 7) is 4.56. The molecule has 2 aromatic carbocycles. The minimum atomic E-state index is -0.0846. The van der Waals surface area contributed by atoms with Gasteiger partial charge in [0.05, 0.1) is 16.8 Å². The molecule has 0 saturated heterocycles. The van der Waals surface area contributed by atoms with Gasteiger partial charge in [-0.25, -0.2) is 4.98 Å². The van der Waals surface area contributed by atoms with Crippen LogP contribution in [-0.4, -0.2) is 15.9 Å². The van der Waals surface area contributed by atoms with E-state index in [0.717, 1.165) is 20.3 Å². The fraction of sp³-hybridized carbons (Fsp3) is 0.136. The molecule has 0 N–H and O–H groups in total. The van der Waals surface area contributed by atoms with Crippen molar-refractivity contribution in [3.8, 4) is 0 Å². The summed E-state index contributed by atoms with van der Waals surface area (Å²) in [6, 6.07) is 15.5. The van der Waals surface area contributed by atoms with Crippen LogP contribution in [0.4, 0.5) is 5.13 Å². The SMILES string of the molecule is Cc1cc(C)c2sc(N(Cc3cccnc3)C(=O)c3cccc(Br)c3)nc2c1. The normalized spacial score (nSPS) is 11.0. The molecule has 0 atom stereocenters. The molecule has 0 aliphatic heterocycles. The Balaban J connectivity index is 1.80. The number of nitrogens with zero attached hydrogens (tertiary/aromatic N) is 3. The van der Waals surface area contributed by atoms with Gasteiger partial charge in [0.25, 0.3) is 5.91 Å². The van der Waals surface area contributed by atoms with Gasteiger partial charge in [0.15, 0.2) is 5.13 Å². The van der Waals surface area contributed by atoms with E-state index in [1.807, 2.05) is 36.4 Å². The Morgan fingerprint density at radius 1 is 1.14 bits per heavy atom. The highest BCUT2D eigenvalue weighted by Gasteiger charge is 2.22. The molecular weight excluding hydrogens is 434 g/mol. The third-order valence-electron chi connectivity index (χ3n) is 4.42. The van der Waals surface area contributed by atoms with Crippen LogP contribution in [0.15, 0.2) is 65.4 Å². The third kappa shape index (κ3) is 3.84. The van der Waals surface area contributed by atoms with Crippen LogP contribution in [0.2, 0.25) is 0 Å². The third-order valence-corrected chi connectivity index (χ3v) is 6.14. The van der Waals surface area contributed by atoms with E-state index in [-0.39, 0.29) is 5.91 Å². The Bertz CT molecular complexity index is 1160. The molecule has 4 rings (SSSR count). The highest BCUT2D eigenvalue weighted by atomic mass is 79.9. The molecule has 140 valence electrons. The Morgan fingerprint density at radius 3 is 2.75 bits per heavy atom. The molecule has 0 unspecified atom stereocenters. The van der Waals surface area contributed by atoms with Gasteiger partial charge in [0, 0.05) is 22.4 Å². The van der Waals surface area contributed by atoms with E-state index in [9.17, 15) is 4.79 Å². The molecular formula is C22H18BrN3OS. The summed E-state index contributed by atoms with van der Waals surface area (Å²) < 4.78 is 1.98. The molecule has 0 fully saturated rings. The molecule has 28 heavy (non-hydrogen) atoms. The quantitative estimate of drug-likeness (QED) is 0.386. The number of aromatic nitrogens is 2. The fourth-order valence-corrected chi connectivity index (χ4v) is 4.57. The van der Waals surface area contributed by atoms with Crippen LogP contribution in [0.1, 0.15) is 27.0 Å². The molecule has 0 aliphatic carbocycles. The van der Waals surface area contributed by atoms with Crippen LogP contribution < -0.4 is 4.90 Å². The second kappa shape index (κ2) is 7.81. The number of benzene rings is 2. The van der Waals surface area contributed by atoms with Gasteiger partial charge in [0.2, 0.25) is 0 Å². The van der Waals surface area contributed by atoms with Crippen molar-refractivity contribution in [2.75, 3.05) is 4.90 Å². The van der Waals surface area contributed by atoms with E-state index in [2.05, 4.69) is 46.9 Å². The number of thiazole rings is 1. The number of anilines is 1. The second-order valence-corrected chi connectivity index (χ2v) is 8.58. The van der Waals surface area contributed by atoms with E-state index >= 15 is 0 Å². The van der Waals surface area contributed by atoms with Crippen molar-refractivity contribution in [1.29, 1.82) is 0 Å². The zero-order chi connectivity index (χ0) is 19.7. The van der Waals surface area contributed by atoms with Crippen molar-refractivity contribution in [2.45, 2.75) is 20.4 Å². The Morgan fingerprint density at radius 2 is 2.00 bits per heavy atom. The topological polar surface area (TPSA) is 46.1 Å². The lowest BCUT2D eigenvalue weighted by atomic mass is 10.1. The van der Waals surface area contributed by atoms with Crippen LogP contribution in [0.3, 0.4) is 0 Å². The number of carbonyl (C=O) groups is 1. The minimum absolute atomic E-state index is 0.0846. The van der Waals surface area contributed by atoms with Crippen molar-refractivity contribution in [2.24, 2.45) is 0 Å². The molecule has 0 spiro atoms. The maximum Gasteiger partial charge on any atom is 0.260 e. The molecule has 2 heterocycles. The summed E-state index contributed by atoms with van der Waals surface area (Å²) in [5.41, 5.74) is 4.84. The predicted octanol–water partition coefficient (Wildman–Crippen LogP) is 5.92. The van der Waals surface area contributed by atoms with Crippen molar-refractivity contribution < 1.29 is 4.79 Å². The number of aryl methyl sites for hydroxylation is 2. The van der Waals surface area contributed by atoms with Gasteiger partial charge in [-0.1, -0.05) is 45.5 Å². The number of hydrogen-bond acceptors (Lipinski definition) is 4. The Hall–Kier alpha value is -2.57. The first-order valence-electron chi connectivity index (χ1n) is 8.85. The van der Waals surface area contributed by atoms with Crippen molar-refractivity contribution in [3.63, 3.8) is 0 Å². The van der Waals surface area contributed by atoms with Crippen molar-refractivity contribution >= 4 is 48.5 Å². The fourth-order valence-electron chi connectivity index (χ4n) is 3.16. The van der Waals surface area contributed by atoms with Crippen LogP contribution in [0.5, 0.6) is 0 Å². The lowest BCUT2D eigenvalue weighted by Crippen LogP contribution is -2.30. The van der Waals surface area contributed by atoms with Crippen molar-refractivity contribution in [1.82, 2.24) is 9.97 Å². The van der Waals surface area contributed by atoms with E-state index in [1.165, 1.54) is 11.1 Å². The number of pyridine rings is 1. The van der Waals surface area contributed by atoms with Gasteiger partial charge in [-0.2, -0.15) is 0 Å². The highest BCUT2D eigenvalue weighted by molar-refractivity contribution is 9.10. The summed E-state index contributed by atoms with van der Waals surface area (Å²) in [5.74, 6) is -0.0846. The van der Waals surface area contributed by atoms with E-state index < -0.39 is 0 Å². The van der Waals surface area contributed by atoms with Crippen LogP contribution in [0, 0.1) is 13.8 Å². The molecule has 6 heteroatoms. The monoisotopic (exact) mass is 451 g/mol. The van der Waals surface area contributed by atoms with Crippen LogP contribution >= 0.6 is 27.3 Å². The second-order valence-electron chi connectivity index (χ2n) is 6.69. The predicted molar refractivity (Wildman–Crippen MR) is 118 cm³/mol. The Labute approximate surface area is 176 Å². The molecule has 0 radical (unpaired) electrons. The lowest BCUT2D eigenvalue weighted by Gasteiger charge is -2.20. The number of carbonyl (C=O) groups excluding carboxylic acids is 1. The molecule has 0 bridgehead atoms. The van der Waals surface area contributed by atoms with Gasteiger partial charge in [-0.3, -0.25) is 14.7 Å². The zero-order valence-corrected chi connectivity index (χ0v) is 17.9. The van der Waals surface area contributed by atoms with Gasteiger partial charge < -0.3 is 0 Å². The Kier molecular flexibility index (Phi) is 5.24. The number of hydrogen-bond donors (Lipinski definition) is 0. The number of amides is 1. The summed E-state index contributed by atoms with van der Waals surface area (Å²) in [4.78, 5) is 24.1. The molecule has 4 nitrogen and oxygen atoms in total. The lowest BCUT2D eigenvalue weighted by molar-refractivity contribution is 0.0985. The molecule has 0 aliphatic rings. The van der Waals surface area contributed by atoms with Crippen molar-refractivity contribution in [3.05, 3.63) is 87.7 Å². The average molecular weight is 452 g/mol. The average Bonchev–Trinajstić information content (AvgIpc) is 3.10. The van der Waals surface area contributed by atoms with Crippen LogP contribution in [-0.2, 0) is 6.54 Å². The van der Waals surface area contributed by atoms with Crippen LogP contribution in [0.25, 0.3) is 10.2 Å². The van der Waals surface area contributed by atoms with Gasteiger partial charge >= 0.3 is 0 Å². The standard InChI is InChI=1S/C22H18BrN3OS/c1-14-9-15(2)20-19(10-14)25-22(28-20)26(13-16-5-4-8-24-12-16)21(27)17-6-3-7-18(23)11-17/h3-12H,13H2,1-2H3. The first-order chi connectivity index (χ1) is 13.5. The van der Waals surface area contributed by atoms with Gasteiger partial charge in [-0.15, -0.1) is 0 Å². The molecule has 0 saturated carbocycles. The smallest absolute Gasteiger partial charge is 0.260 e. The van der Waals surface area contributed by atoms with E-state index in [0.29, 0.717) is 17.2 Å². The first kappa shape index (κ1) is 18.8.